The van der Waals surface area contributed by atoms with Crippen molar-refractivity contribution < 1.29 is 17.9 Å². The molecule has 2 rings (SSSR count). The van der Waals surface area contributed by atoms with E-state index in [0.717, 1.165) is 5.56 Å². The Labute approximate surface area is 164 Å². The Kier molecular flexibility index (Phi) is 7.17. The predicted molar refractivity (Wildman–Crippen MR) is 105 cm³/mol. The zero-order valence-electron chi connectivity index (χ0n) is 14.8. The fourth-order valence-corrected chi connectivity index (χ4v) is 3.69. The molecule has 0 aliphatic heterocycles. The average Bonchev–Trinajstić information content (AvgIpc) is 2.56. The molecule has 0 spiro atoms. The molecule has 0 fully saturated rings. The number of hydrogen-bond acceptors (Lipinski definition) is 4. The van der Waals surface area contributed by atoms with E-state index >= 15 is 0 Å². The highest BCUT2D eigenvalue weighted by Crippen LogP contribution is 2.29. The van der Waals surface area contributed by atoms with E-state index in [1.165, 1.54) is 0 Å². The van der Waals surface area contributed by atoms with Crippen LogP contribution in [0, 0.1) is 0 Å². The van der Waals surface area contributed by atoms with Crippen molar-refractivity contribution in [3.8, 4) is 11.5 Å². The van der Waals surface area contributed by atoms with Crippen LogP contribution in [0.5, 0.6) is 11.5 Å². The van der Waals surface area contributed by atoms with Crippen molar-refractivity contribution in [1.82, 2.24) is 4.72 Å². The van der Waals surface area contributed by atoms with Gasteiger partial charge in [-0.3, -0.25) is 0 Å². The summed E-state index contributed by atoms with van der Waals surface area (Å²) in [5.41, 5.74) is 1.32. The highest BCUT2D eigenvalue weighted by molar-refractivity contribution is 7.88. The summed E-state index contributed by atoms with van der Waals surface area (Å²) >= 11 is 11.8. The molecule has 0 atom stereocenters. The van der Waals surface area contributed by atoms with Gasteiger partial charge >= 0.3 is 0 Å². The van der Waals surface area contributed by atoms with Gasteiger partial charge in [0.2, 0.25) is 10.0 Å². The minimum absolute atomic E-state index is 0.0134. The first-order valence-electron chi connectivity index (χ1n) is 7.95. The zero-order valence-corrected chi connectivity index (χ0v) is 17.1. The second-order valence-corrected chi connectivity index (χ2v) is 8.60. The minimum atomic E-state index is -3.53. The van der Waals surface area contributed by atoms with Crippen molar-refractivity contribution >= 4 is 33.2 Å². The molecule has 0 aliphatic rings. The van der Waals surface area contributed by atoms with Crippen LogP contribution in [-0.2, 0) is 22.3 Å². The molecule has 0 bridgehead atoms. The molecular weight excluding hydrogens is 397 g/mol. The van der Waals surface area contributed by atoms with Gasteiger partial charge < -0.3 is 9.47 Å². The van der Waals surface area contributed by atoms with E-state index in [-0.39, 0.29) is 18.4 Å². The van der Waals surface area contributed by atoms with Gasteiger partial charge in [-0.1, -0.05) is 35.3 Å². The summed E-state index contributed by atoms with van der Waals surface area (Å²) < 4.78 is 38.1. The fraction of sp³-hybridized carbons (Fsp3) is 0.333. The Morgan fingerprint density at radius 1 is 1.00 bits per heavy atom. The molecule has 2 aromatic carbocycles. The molecule has 0 amide bonds. The van der Waals surface area contributed by atoms with E-state index in [1.54, 1.807) is 43.5 Å². The quantitative estimate of drug-likeness (QED) is 0.690. The summed E-state index contributed by atoms with van der Waals surface area (Å²) in [6.45, 7) is 3.98. The van der Waals surface area contributed by atoms with Crippen molar-refractivity contribution in [2.45, 2.75) is 32.2 Å². The predicted octanol–water partition coefficient (Wildman–Crippen LogP) is 4.41. The van der Waals surface area contributed by atoms with Crippen LogP contribution in [-0.4, -0.2) is 21.6 Å². The van der Waals surface area contributed by atoms with Crippen LogP contribution >= 0.6 is 23.2 Å². The van der Waals surface area contributed by atoms with Crippen LogP contribution in [0.1, 0.15) is 25.0 Å². The molecule has 0 aromatic heterocycles. The maximum Gasteiger partial charge on any atom is 0.216 e. The third kappa shape index (κ3) is 6.06. The lowest BCUT2D eigenvalue weighted by Gasteiger charge is -2.15. The van der Waals surface area contributed by atoms with Gasteiger partial charge in [0, 0.05) is 6.54 Å². The Morgan fingerprint density at radius 3 is 2.31 bits per heavy atom. The topological polar surface area (TPSA) is 64.6 Å². The Hall–Kier alpha value is -1.47. The lowest BCUT2D eigenvalue weighted by molar-refractivity contribution is 0.230. The minimum Gasteiger partial charge on any atom is -0.493 e. The van der Waals surface area contributed by atoms with Crippen molar-refractivity contribution in [2.75, 3.05) is 7.11 Å². The molecule has 142 valence electrons. The monoisotopic (exact) mass is 417 g/mol. The maximum atomic E-state index is 12.3. The van der Waals surface area contributed by atoms with Crippen molar-refractivity contribution in [3.05, 3.63) is 57.6 Å². The second-order valence-electron chi connectivity index (χ2n) is 5.98. The fourth-order valence-electron chi connectivity index (χ4n) is 2.27. The van der Waals surface area contributed by atoms with Gasteiger partial charge in [0.05, 0.1) is 29.0 Å². The first-order chi connectivity index (χ1) is 12.2. The lowest BCUT2D eigenvalue weighted by atomic mass is 10.2. The number of methoxy groups -OCH3 is 1. The van der Waals surface area contributed by atoms with Crippen molar-refractivity contribution in [3.63, 3.8) is 0 Å². The molecule has 26 heavy (non-hydrogen) atoms. The third-order valence-corrected chi connectivity index (χ3v) is 5.46. The summed E-state index contributed by atoms with van der Waals surface area (Å²) in [7, 11) is -1.99. The van der Waals surface area contributed by atoms with Crippen molar-refractivity contribution in [2.24, 2.45) is 0 Å². The van der Waals surface area contributed by atoms with Crippen LogP contribution in [0.3, 0.4) is 0 Å². The lowest BCUT2D eigenvalue weighted by Crippen LogP contribution is -2.24. The molecule has 0 unspecified atom stereocenters. The van der Waals surface area contributed by atoms with Gasteiger partial charge in [0.15, 0.2) is 11.5 Å². The van der Waals surface area contributed by atoms with Crippen LogP contribution in [0.4, 0.5) is 0 Å². The van der Waals surface area contributed by atoms with E-state index in [9.17, 15) is 8.42 Å². The summed E-state index contributed by atoms with van der Waals surface area (Å²) in [5, 5.41) is 0.710. The molecule has 5 nitrogen and oxygen atoms in total. The van der Waals surface area contributed by atoms with Crippen LogP contribution in [0.25, 0.3) is 0 Å². The molecular formula is C18H21Cl2NO4S. The molecule has 0 saturated heterocycles. The van der Waals surface area contributed by atoms with E-state index in [1.807, 2.05) is 13.8 Å². The Bertz CT molecular complexity index is 869. The second kappa shape index (κ2) is 8.95. The van der Waals surface area contributed by atoms with Gasteiger partial charge in [-0.05, 0) is 49.2 Å². The third-order valence-electron chi connectivity index (χ3n) is 3.43. The summed E-state index contributed by atoms with van der Waals surface area (Å²) in [4.78, 5) is 0. The van der Waals surface area contributed by atoms with E-state index in [2.05, 4.69) is 4.72 Å². The van der Waals surface area contributed by atoms with Crippen LogP contribution in [0.15, 0.2) is 36.4 Å². The van der Waals surface area contributed by atoms with E-state index in [0.29, 0.717) is 27.1 Å². The van der Waals surface area contributed by atoms with Crippen LogP contribution < -0.4 is 14.2 Å². The van der Waals surface area contributed by atoms with Crippen LogP contribution in [0.2, 0.25) is 10.0 Å². The standard InChI is InChI=1S/C18H21Cl2NO4S/c1-12(2)25-17-7-5-13(9-18(17)24-3)10-21-26(22,23)11-14-4-6-15(19)16(20)8-14/h4-9,12,21H,10-11H2,1-3H3. The SMILES string of the molecule is COc1cc(CNS(=O)(=O)Cc2ccc(Cl)c(Cl)c2)ccc1OC(C)C. The average molecular weight is 418 g/mol. The molecule has 8 heteroatoms. The zero-order chi connectivity index (χ0) is 19.3. The van der Waals surface area contributed by atoms with E-state index < -0.39 is 10.0 Å². The molecule has 2 aromatic rings. The summed E-state index contributed by atoms with van der Waals surface area (Å²) in [6, 6.07) is 10.1. The number of nitrogens with one attached hydrogen (secondary N) is 1. The highest BCUT2D eigenvalue weighted by atomic mass is 35.5. The number of hydrogen-bond donors (Lipinski definition) is 1. The molecule has 0 aliphatic carbocycles. The number of benzene rings is 2. The van der Waals surface area contributed by atoms with Gasteiger partial charge in [-0.15, -0.1) is 0 Å². The normalized spacial score (nSPS) is 11.6. The highest BCUT2D eigenvalue weighted by Gasteiger charge is 2.14. The van der Waals surface area contributed by atoms with Gasteiger partial charge in [0.25, 0.3) is 0 Å². The van der Waals surface area contributed by atoms with Gasteiger partial charge in [0.1, 0.15) is 0 Å². The number of ether oxygens (including phenoxy) is 2. The Morgan fingerprint density at radius 2 is 1.69 bits per heavy atom. The molecule has 1 N–H and O–H groups in total. The first-order valence-corrected chi connectivity index (χ1v) is 10.4. The smallest absolute Gasteiger partial charge is 0.216 e. The Balaban J connectivity index is 2.05. The largest absolute Gasteiger partial charge is 0.493 e. The van der Waals surface area contributed by atoms with Gasteiger partial charge in [-0.2, -0.15) is 0 Å². The summed E-state index contributed by atoms with van der Waals surface area (Å²) in [5.74, 6) is 0.986. The molecule has 0 saturated carbocycles. The first kappa shape index (κ1) is 20.8. The number of rotatable bonds is 8. The number of sulfonamides is 1. The maximum absolute atomic E-state index is 12.3. The molecule has 0 radical (unpaired) electrons. The molecule has 0 heterocycles. The van der Waals surface area contributed by atoms with Crippen molar-refractivity contribution in [1.29, 1.82) is 0 Å². The van der Waals surface area contributed by atoms with Gasteiger partial charge in [-0.25, -0.2) is 13.1 Å². The van der Waals surface area contributed by atoms with E-state index in [4.69, 9.17) is 32.7 Å². The number of halogens is 2. The summed E-state index contributed by atoms with van der Waals surface area (Å²) in [6.07, 6.45) is 0.0134.